The first kappa shape index (κ1) is 12.7. The first-order valence-corrected chi connectivity index (χ1v) is 5.20. The standard InChI is InChI=1S/C11H15BO4/c1-3-8(2)16-11-5-4-10(12(14)15)6-9(11)7-13/h4-8,14-15H,3H2,1-2H3. The van der Waals surface area contributed by atoms with Crippen LogP contribution in [-0.2, 0) is 0 Å². The van der Waals surface area contributed by atoms with Crippen LogP contribution in [-0.4, -0.2) is 29.6 Å². The highest BCUT2D eigenvalue weighted by Crippen LogP contribution is 2.17. The number of rotatable bonds is 5. The molecule has 0 heterocycles. The summed E-state index contributed by atoms with van der Waals surface area (Å²) in [5.41, 5.74) is 0.601. The Bertz CT molecular complexity index is 365. The van der Waals surface area contributed by atoms with Crippen molar-refractivity contribution in [3.05, 3.63) is 23.8 Å². The average Bonchev–Trinajstić information content (AvgIpc) is 2.29. The Morgan fingerprint density at radius 1 is 1.50 bits per heavy atom. The number of ether oxygens (including phenoxy) is 1. The monoisotopic (exact) mass is 222 g/mol. The summed E-state index contributed by atoms with van der Waals surface area (Å²) in [6, 6.07) is 4.51. The van der Waals surface area contributed by atoms with E-state index in [2.05, 4.69) is 0 Å². The maximum Gasteiger partial charge on any atom is 0.488 e. The third kappa shape index (κ3) is 3.08. The summed E-state index contributed by atoms with van der Waals surface area (Å²) in [6.45, 7) is 3.89. The van der Waals surface area contributed by atoms with Gasteiger partial charge in [0.1, 0.15) is 5.75 Å². The van der Waals surface area contributed by atoms with Crippen LogP contribution >= 0.6 is 0 Å². The predicted octanol–water partition coefficient (Wildman–Crippen LogP) is 0.356. The van der Waals surface area contributed by atoms with Gasteiger partial charge in [-0.1, -0.05) is 13.0 Å². The molecular formula is C11H15BO4. The molecule has 0 fully saturated rings. The summed E-state index contributed by atoms with van der Waals surface area (Å²) in [5, 5.41) is 17.9. The SMILES string of the molecule is CCC(C)Oc1ccc(B(O)O)cc1C=O. The third-order valence-corrected chi connectivity index (χ3v) is 2.36. The summed E-state index contributed by atoms with van der Waals surface area (Å²) < 4.78 is 5.53. The first-order valence-electron chi connectivity index (χ1n) is 5.20. The predicted molar refractivity (Wildman–Crippen MR) is 62.0 cm³/mol. The highest BCUT2D eigenvalue weighted by Gasteiger charge is 2.14. The molecule has 0 bridgehead atoms. The van der Waals surface area contributed by atoms with Crippen molar-refractivity contribution in [2.75, 3.05) is 0 Å². The van der Waals surface area contributed by atoms with Gasteiger partial charge in [-0.3, -0.25) is 4.79 Å². The summed E-state index contributed by atoms with van der Waals surface area (Å²) >= 11 is 0. The summed E-state index contributed by atoms with van der Waals surface area (Å²) in [4.78, 5) is 10.8. The van der Waals surface area contributed by atoms with E-state index in [1.54, 1.807) is 6.07 Å². The molecule has 0 amide bonds. The van der Waals surface area contributed by atoms with Gasteiger partial charge in [-0.05, 0) is 30.9 Å². The Kier molecular flexibility index (Phi) is 4.52. The lowest BCUT2D eigenvalue weighted by atomic mass is 9.79. The lowest BCUT2D eigenvalue weighted by molar-refractivity contribution is 0.111. The quantitative estimate of drug-likeness (QED) is 0.557. The molecule has 0 aliphatic rings. The van der Waals surface area contributed by atoms with Crippen LogP contribution in [0.2, 0.25) is 0 Å². The van der Waals surface area contributed by atoms with E-state index in [0.717, 1.165) is 6.42 Å². The molecule has 86 valence electrons. The zero-order valence-electron chi connectivity index (χ0n) is 9.38. The van der Waals surface area contributed by atoms with Crippen LogP contribution in [0, 0.1) is 0 Å². The van der Waals surface area contributed by atoms with E-state index >= 15 is 0 Å². The Labute approximate surface area is 95.0 Å². The van der Waals surface area contributed by atoms with Crippen molar-refractivity contribution in [2.45, 2.75) is 26.4 Å². The van der Waals surface area contributed by atoms with Gasteiger partial charge in [0.05, 0.1) is 11.7 Å². The number of benzene rings is 1. The smallest absolute Gasteiger partial charge is 0.488 e. The number of hydrogen-bond donors (Lipinski definition) is 2. The second kappa shape index (κ2) is 5.68. The van der Waals surface area contributed by atoms with Gasteiger partial charge in [0.2, 0.25) is 0 Å². The van der Waals surface area contributed by atoms with Gasteiger partial charge >= 0.3 is 7.12 Å². The molecule has 1 aromatic rings. The van der Waals surface area contributed by atoms with Gasteiger partial charge in [-0.2, -0.15) is 0 Å². The van der Waals surface area contributed by atoms with E-state index in [9.17, 15) is 4.79 Å². The lowest BCUT2D eigenvalue weighted by Crippen LogP contribution is -2.30. The van der Waals surface area contributed by atoms with E-state index < -0.39 is 7.12 Å². The molecular weight excluding hydrogens is 207 g/mol. The molecule has 1 aromatic carbocycles. The Morgan fingerprint density at radius 2 is 2.19 bits per heavy atom. The number of aldehydes is 1. The fourth-order valence-electron chi connectivity index (χ4n) is 1.23. The van der Waals surface area contributed by atoms with Crippen molar-refractivity contribution < 1.29 is 19.6 Å². The lowest BCUT2D eigenvalue weighted by Gasteiger charge is -2.14. The molecule has 0 aromatic heterocycles. The topological polar surface area (TPSA) is 66.8 Å². The fraction of sp³-hybridized carbons (Fsp3) is 0.364. The van der Waals surface area contributed by atoms with Gasteiger partial charge in [-0.25, -0.2) is 0 Å². The molecule has 0 aliphatic carbocycles. The highest BCUT2D eigenvalue weighted by atomic mass is 16.5. The molecule has 1 rings (SSSR count). The summed E-state index contributed by atoms with van der Waals surface area (Å²) in [7, 11) is -1.57. The fourth-order valence-corrected chi connectivity index (χ4v) is 1.23. The molecule has 0 radical (unpaired) electrons. The average molecular weight is 222 g/mol. The highest BCUT2D eigenvalue weighted by molar-refractivity contribution is 6.58. The number of carbonyl (C=O) groups is 1. The minimum Gasteiger partial charge on any atom is -0.490 e. The Hall–Kier alpha value is -1.33. The van der Waals surface area contributed by atoms with Crippen LogP contribution in [0.25, 0.3) is 0 Å². The second-order valence-corrected chi connectivity index (χ2v) is 3.63. The van der Waals surface area contributed by atoms with Gasteiger partial charge in [0.15, 0.2) is 6.29 Å². The van der Waals surface area contributed by atoms with Crippen molar-refractivity contribution in [1.82, 2.24) is 0 Å². The zero-order chi connectivity index (χ0) is 12.1. The molecule has 4 nitrogen and oxygen atoms in total. The van der Waals surface area contributed by atoms with Gasteiger partial charge in [0.25, 0.3) is 0 Å². The van der Waals surface area contributed by atoms with E-state index in [0.29, 0.717) is 17.6 Å². The first-order chi connectivity index (χ1) is 7.58. The van der Waals surface area contributed by atoms with Crippen LogP contribution in [0.15, 0.2) is 18.2 Å². The number of hydrogen-bond acceptors (Lipinski definition) is 4. The molecule has 1 unspecified atom stereocenters. The van der Waals surface area contributed by atoms with Crippen LogP contribution in [0.3, 0.4) is 0 Å². The minimum absolute atomic E-state index is 0.0172. The van der Waals surface area contributed by atoms with Gasteiger partial charge in [-0.15, -0.1) is 0 Å². The van der Waals surface area contributed by atoms with Crippen molar-refractivity contribution in [3.63, 3.8) is 0 Å². The molecule has 2 N–H and O–H groups in total. The van der Waals surface area contributed by atoms with Crippen LogP contribution in [0.1, 0.15) is 30.6 Å². The Balaban J connectivity index is 2.97. The molecule has 0 spiro atoms. The van der Waals surface area contributed by atoms with E-state index in [-0.39, 0.29) is 11.6 Å². The molecule has 5 heteroatoms. The third-order valence-electron chi connectivity index (χ3n) is 2.36. The normalized spacial score (nSPS) is 12.0. The second-order valence-electron chi connectivity index (χ2n) is 3.63. The van der Waals surface area contributed by atoms with E-state index in [1.165, 1.54) is 12.1 Å². The van der Waals surface area contributed by atoms with E-state index in [1.807, 2.05) is 13.8 Å². The maximum atomic E-state index is 10.8. The molecule has 16 heavy (non-hydrogen) atoms. The van der Waals surface area contributed by atoms with Crippen molar-refractivity contribution >= 4 is 18.9 Å². The molecule has 1 atom stereocenters. The van der Waals surface area contributed by atoms with E-state index in [4.69, 9.17) is 14.8 Å². The number of carbonyl (C=O) groups excluding carboxylic acids is 1. The Morgan fingerprint density at radius 3 is 2.69 bits per heavy atom. The van der Waals surface area contributed by atoms with Gasteiger partial charge < -0.3 is 14.8 Å². The van der Waals surface area contributed by atoms with Crippen molar-refractivity contribution in [3.8, 4) is 5.75 Å². The van der Waals surface area contributed by atoms with Crippen LogP contribution < -0.4 is 10.2 Å². The molecule has 0 saturated carbocycles. The zero-order valence-corrected chi connectivity index (χ0v) is 9.38. The largest absolute Gasteiger partial charge is 0.490 e. The van der Waals surface area contributed by atoms with Crippen LogP contribution in [0.4, 0.5) is 0 Å². The summed E-state index contributed by atoms with van der Waals surface area (Å²) in [5.74, 6) is 0.466. The van der Waals surface area contributed by atoms with Crippen molar-refractivity contribution in [2.24, 2.45) is 0 Å². The minimum atomic E-state index is -1.57. The van der Waals surface area contributed by atoms with Gasteiger partial charge in [0, 0.05) is 0 Å². The van der Waals surface area contributed by atoms with Crippen LogP contribution in [0.5, 0.6) is 5.75 Å². The molecule has 0 saturated heterocycles. The molecule has 0 aliphatic heterocycles. The van der Waals surface area contributed by atoms with Crippen molar-refractivity contribution in [1.29, 1.82) is 0 Å². The maximum absolute atomic E-state index is 10.8. The summed E-state index contributed by atoms with van der Waals surface area (Å²) in [6.07, 6.45) is 1.50.